The van der Waals surface area contributed by atoms with E-state index >= 15 is 0 Å². The van der Waals surface area contributed by atoms with Crippen molar-refractivity contribution in [3.8, 4) is 5.75 Å². The van der Waals surface area contributed by atoms with E-state index in [0.29, 0.717) is 17.9 Å². The fourth-order valence-electron chi connectivity index (χ4n) is 3.56. The van der Waals surface area contributed by atoms with E-state index in [4.69, 9.17) is 21.4 Å². The Hall–Kier alpha value is -3.28. The summed E-state index contributed by atoms with van der Waals surface area (Å²) in [7, 11) is 1.49. The number of carbonyl (C=O) groups excluding carboxylic acids is 1. The molecular formula is C23H24ClFN4O5S. The molecule has 1 fully saturated rings. The van der Waals surface area contributed by atoms with E-state index in [1.54, 1.807) is 12.4 Å². The zero-order chi connectivity index (χ0) is 25.2. The Kier molecular flexibility index (Phi) is 9.76. The lowest BCUT2D eigenvalue weighted by atomic mass is 10.0. The molecule has 1 aliphatic heterocycles. The number of aromatic nitrogens is 2. The Bertz CT molecular complexity index is 1180. The fourth-order valence-corrected chi connectivity index (χ4v) is 4.62. The summed E-state index contributed by atoms with van der Waals surface area (Å²) in [6.07, 6.45) is 5.11. The normalized spacial score (nSPS) is 14.4. The topological polar surface area (TPSA) is 114 Å². The van der Waals surface area contributed by atoms with Crippen LogP contribution in [0.25, 0.3) is 10.2 Å². The predicted octanol–water partition coefficient (Wildman–Crippen LogP) is 4.33. The van der Waals surface area contributed by atoms with Gasteiger partial charge in [-0.2, -0.15) is 0 Å². The van der Waals surface area contributed by atoms with Gasteiger partial charge in [-0.15, -0.1) is 11.3 Å². The van der Waals surface area contributed by atoms with Crippen molar-refractivity contribution in [3.63, 3.8) is 0 Å². The maximum atomic E-state index is 13.6. The number of likely N-dealkylation sites (tertiary alicyclic amines) is 1. The number of carbonyl (C=O) groups is 2. The summed E-state index contributed by atoms with van der Waals surface area (Å²) in [5.41, 5.74) is 1.06. The number of piperidine rings is 1. The van der Waals surface area contributed by atoms with Crippen LogP contribution < -0.4 is 10.1 Å². The zero-order valence-corrected chi connectivity index (χ0v) is 20.4. The number of methoxy groups -OCH3 is 1. The van der Waals surface area contributed by atoms with Crippen molar-refractivity contribution in [2.75, 3.05) is 25.5 Å². The van der Waals surface area contributed by atoms with Crippen LogP contribution in [0.4, 0.5) is 10.2 Å². The Labute approximate surface area is 210 Å². The van der Waals surface area contributed by atoms with E-state index in [-0.39, 0.29) is 12.3 Å². The molecule has 0 bridgehead atoms. The van der Waals surface area contributed by atoms with Crippen LogP contribution in [0.1, 0.15) is 18.4 Å². The SMILES string of the molecule is COc1cc(CN2CCC(Nc3ncnc4sc(Cl)cc34)CC2)ccc1F.O=CO/C=C\C(=O)O. The largest absolute Gasteiger partial charge is 0.494 e. The van der Waals surface area contributed by atoms with Gasteiger partial charge in [-0.3, -0.25) is 9.69 Å². The zero-order valence-electron chi connectivity index (χ0n) is 18.8. The Morgan fingerprint density at radius 3 is 2.80 bits per heavy atom. The monoisotopic (exact) mass is 522 g/mol. The van der Waals surface area contributed by atoms with Gasteiger partial charge in [0.15, 0.2) is 11.6 Å². The molecule has 2 aromatic heterocycles. The third kappa shape index (κ3) is 7.88. The number of hydrogen-bond donors (Lipinski definition) is 2. The smallest absolute Gasteiger partial charge is 0.331 e. The quantitative estimate of drug-likeness (QED) is 0.253. The van der Waals surface area contributed by atoms with Gasteiger partial charge in [0.2, 0.25) is 0 Å². The highest BCUT2D eigenvalue weighted by molar-refractivity contribution is 7.22. The number of rotatable bonds is 8. The lowest BCUT2D eigenvalue weighted by Gasteiger charge is -2.32. The molecule has 3 aromatic rings. The maximum absolute atomic E-state index is 13.6. The number of halogens is 2. The molecule has 4 rings (SSSR count). The first-order valence-electron chi connectivity index (χ1n) is 10.6. The number of aliphatic carboxylic acids is 1. The van der Waals surface area contributed by atoms with E-state index < -0.39 is 5.97 Å². The van der Waals surface area contributed by atoms with Crippen LogP contribution in [0.3, 0.4) is 0 Å². The lowest BCUT2D eigenvalue weighted by Crippen LogP contribution is -2.38. The molecule has 9 nitrogen and oxygen atoms in total. The standard InChI is InChI=1S/C19H20ClFN4OS.C4H4O4/c1-26-16-8-12(2-3-15(16)21)10-25-6-4-13(5-7-25)24-18-14-9-17(20)27-19(14)23-11-22-18;5-3-8-2-1-4(6)7/h2-3,8-9,11,13H,4-7,10H2,1H3,(H,22,23,24);1-3H,(H,6,7)/b;2-1-. The first-order chi connectivity index (χ1) is 16.9. The molecule has 186 valence electrons. The van der Waals surface area contributed by atoms with Crippen LogP contribution in [0.5, 0.6) is 5.75 Å². The summed E-state index contributed by atoms with van der Waals surface area (Å²) in [4.78, 5) is 30.9. The van der Waals surface area contributed by atoms with Crippen molar-refractivity contribution in [2.24, 2.45) is 0 Å². The maximum Gasteiger partial charge on any atom is 0.331 e. The molecule has 3 heterocycles. The minimum atomic E-state index is -1.15. The summed E-state index contributed by atoms with van der Waals surface area (Å²) in [6.45, 7) is 2.87. The van der Waals surface area contributed by atoms with E-state index in [2.05, 4.69) is 24.9 Å². The van der Waals surface area contributed by atoms with Crippen LogP contribution >= 0.6 is 22.9 Å². The first kappa shape index (κ1) is 26.3. The van der Waals surface area contributed by atoms with Gasteiger partial charge in [0.25, 0.3) is 6.47 Å². The van der Waals surface area contributed by atoms with Crippen LogP contribution in [-0.4, -0.2) is 58.7 Å². The molecule has 12 heteroatoms. The number of carboxylic acids is 1. The molecule has 0 aliphatic carbocycles. The summed E-state index contributed by atoms with van der Waals surface area (Å²) in [5.74, 6) is -0.322. The Balaban J connectivity index is 0.000000371. The summed E-state index contributed by atoms with van der Waals surface area (Å²) < 4.78 is 23.2. The molecule has 0 unspecified atom stereocenters. The number of thiophene rings is 1. The molecule has 35 heavy (non-hydrogen) atoms. The van der Waals surface area contributed by atoms with Crippen LogP contribution in [0, 0.1) is 5.82 Å². The van der Waals surface area contributed by atoms with Gasteiger partial charge in [0, 0.05) is 25.7 Å². The molecule has 1 saturated heterocycles. The second kappa shape index (κ2) is 13.0. The number of hydrogen-bond acceptors (Lipinski definition) is 9. The van der Waals surface area contributed by atoms with Crippen molar-refractivity contribution in [1.29, 1.82) is 0 Å². The van der Waals surface area contributed by atoms with E-state index in [1.807, 2.05) is 12.1 Å². The molecule has 0 atom stereocenters. The highest BCUT2D eigenvalue weighted by Gasteiger charge is 2.21. The molecular weight excluding hydrogens is 499 g/mol. The number of fused-ring (bicyclic) bond motifs is 1. The van der Waals surface area contributed by atoms with E-state index in [9.17, 15) is 14.0 Å². The van der Waals surface area contributed by atoms with Gasteiger partial charge in [-0.1, -0.05) is 17.7 Å². The second-order valence-corrected chi connectivity index (χ2v) is 9.19. The number of benzene rings is 1. The predicted molar refractivity (Wildman–Crippen MR) is 131 cm³/mol. The van der Waals surface area contributed by atoms with Gasteiger partial charge in [-0.05, 0) is 36.6 Å². The van der Waals surface area contributed by atoms with Crippen molar-refractivity contribution >= 4 is 51.4 Å². The van der Waals surface area contributed by atoms with Crippen molar-refractivity contribution in [3.05, 3.63) is 58.6 Å². The summed E-state index contributed by atoms with van der Waals surface area (Å²) in [6, 6.07) is 7.34. The minimum Gasteiger partial charge on any atom is -0.494 e. The molecule has 0 radical (unpaired) electrons. The number of carboxylic acid groups (broad SMARTS) is 1. The minimum absolute atomic E-state index is 0.138. The molecule has 1 aromatic carbocycles. The molecule has 2 N–H and O–H groups in total. The van der Waals surface area contributed by atoms with Crippen LogP contribution in [0.15, 0.2) is 42.9 Å². The molecule has 0 spiro atoms. The van der Waals surface area contributed by atoms with Gasteiger partial charge >= 0.3 is 5.97 Å². The summed E-state index contributed by atoms with van der Waals surface area (Å²) in [5, 5.41) is 12.4. The average molecular weight is 523 g/mol. The number of nitrogens with zero attached hydrogens (tertiary/aromatic N) is 3. The molecule has 0 saturated carbocycles. The fraction of sp³-hybridized carbons (Fsp3) is 0.304. The number of nitrogens with one attached hydrogen (secondary N) is 1. The second-order valence-electron chi connectivity index (χ2n) is 7.53. The third-order valence-electron chi connectivity index (χ3n) is 5.19. The van der Waals surface area contributed by atoms with Gasteiger partial charge < -0.3 is 19.9 Å². The van der Waals surface area contributed by atoms with Crippen LogP contribution in [0.2, 0.25) is 4.34 Å². The third-order valence-corrected chi connectivity index (χ3v) is 6.37. The number of anilines is 1. The Morgan fingerprint density at radius 1 is 1.34 bits per heavy atom. The van der Waals surface area contributed by atoms with Crippen molar-refractivity contribution < 1.29 is 28.6 Å². The van der Waals surface area contributed by atoms with E-state index in [0.717, 1.165) is 64.7 Å². The number of ether oxygens (including phenoxy) is 2. The first-order valence-corrected chi connectivity index (χ1v) is 11.8. The van der Waals surface area contributed by atoms with Crippen molar-refractivity contribution in [2.45, 2.75) is 25.4 Å². The lowest BCUT2D eigenvalue weighted by molar-refractivity contribution is -0.131. The highest BCUT2D eigenvalue weighted by Crippen LogP contribution is 2.32. The Morgan fingerprint density at radius 2 is 2.11 bits per heavy atom. The molecule has 1 aliphatic rings. The highest BCUT2D eigenvalue weighted by atomic mass is 35.5. The van der Waals surface area contributed by atoms with E-state index in [1.165, 1.54) is 24.5 Å². The van der Waals surface area contributed by atoms with Crippen molar-refractivity contribution in [1.82, 2.24) is 14.9 Å². The average Bonchev–Trinajstić information content (AvgIpc) is 3.23. The molecule has 0 amide bonds. The van der Waals surface area contributed by atoms with Gasteiger partial charge in [0.1, 0.15) is 23.2 Å². The van der Waals surface area contributed by atoms with Crippen LogP contribution in [-0.2, 0) is 20.9 Å². The summed E-state index contributed by atoms with van der Waals surface area (Å²) >= 11 is 7.57. The van der Waals surface area contributed by atoms with Gasteiger partial charge in [-0.25, -0.2) is 19.2 Å². The van der Waals surface area contributed by atoms with Gasteiger partial charge in [0.05, 0.1) is 22.9 Å².